The number of alkyl halides is 5. The molecule has 0 radical (unpaired) electrons. The Bertz CT molecular complexity index is 1370. The average molecular weight is 665 g/mol. The molecule has 47 heavy (non-hydrogen) atoms. The van der Waals surface area contributed by atoms with Crippen LogP contribution in [0.15, 0.2) is 72.8 Å². The van der Waals surface area contributed by atoms with E-state index < -0.39 is 43.4 Å². The lowest BCUT2D eigenvalue weighted by Gasteiger charge is -2.20. The van der Waals surface area contributed by atoms with E-state index in [1.54, 1.807) is 24.3 Å². The van der Waals surface area contributed by atoms with Crippen LogP contribution in [0.25, 0.3) is 11.1 Å². The number of ether oxygens (including phenoxy) is 4. The second-order valence-electron chi connectivity index (χ2n) is 11.3. The summed E-state index contributed by atoms with van der Waals surface area (Å²) in [5, 5.41) is 0. The van der Waals surface area contributed by atoms with Gasteiger partial charge in [0.05, 0.1) is 24.3 Å². The molecule has 256 valence electrons. The van der Waals surface area contributed by atoms with Crippen LogP contribution in [0.5, 0.6) is 11.5 Å². The lowest BCUT2D eigenvalue weighted by Crippen LogP contribution is -2.41. The number of esters is 2. The third-order valence-corrected chi connectivity index (χ3v) is 7.23. The number of hydrogen-bond acceptors (Lipinski definition) is 6. The third kappa shape index (κ3) is 12.6. The molecule has 0 aliphatic rings. The molecule has 0 aromatic heterocycles. The summed E-state index contributed by atoms with van der Waals surface area (Å²) in [7, 11) is 0. The fraction of sp³-hybridized carbons (Fsp3) is 0.444. The highest BCUT2D eigenvalue weighted by molar-refractivity contribution is 5.92. The molecule has 3 aromatic carbocycles. The van der Waals surface area contributed by atoms with E-state index in [0.29, 0.717) is 12.2 Å². The number of carbonyl (C=O) groups is 2. The van der Waals surface area contributed by atoms with Crippen molar-refractivity contribution in [3.63, 3.8) is 0 Å². The Morgan fingerprint density at radius 2 is 1.15 bits per heavy atom. The number of unbranched alkanes of at least 4 members (excludes halogenated alkanes) is 7. The molecular formula is C36H41F5O6. The van der Waals surface area contributed by atoms with E-state index in [4.69, 9.17) is 14.2 Å². The first-order chi connectivity index (χ1) is 22.4. The number of halogens is 5. The predicted molar refractivity (Wildman–Crippen MR) is 168 cm³/mol. The van der Waals surface area contributed by atoms with Crippen molar-refractivity contribution in [2.45, 2.75) is 83.4 Å². The molecule has 0 heterocycles. The molecule has 0 saturated heterocycles. The van der Waals surface area contributed by atoms with Crippen LogP contribution in [0.2, 0.25) is 0 Å². The molecule has 3 rings (SSSR count). The van der Waals surface area contributed by atoms with Crippen molar-refractivity contribution in [3.8, 4) is 22.6 Å². The summed E-state index contributed by atoms with van der Waals surface area (Å²) < 4.78 is 83.2. The van der Waals surface area contributed by atoms with Crippen LogP contribution in [0.3, 0.4) is 0 Å². The molecule has 0 spiro atoms. The summed E-state index contributed by atoms with van der Waals surface area (Å²) in [6.07, 6.45) is 3.12. The van der Waals surface area contributed by atoms with Crippen LogP contribution in [-0.4, -0.2) is 50.0 Å². The minimum Gasteiger partial charge on any atom is -0.494 e. The van der Waals surface area contributed by atoms with Crippen molar-refractivity contribution in [1.82, 2.24) is 0 Å². The molecule has 3 aromatic rings. The predicted octanol–water partition coefficient (Wildman–Crippen LogP) is 9.85. The zero-order valence-corrected chi connectivity index (χ0v) is 26.6. The van der Waals surface area contributed by atoms with Crippen molar-refractivity contribution >= 4 is 11.9 Å². The van der Waals surface area contributed by atoms with Gasteiger partial charge in [-0.3, -0.25) is 0 Å². The van der Waals surface area contributed by atoms with Gasteiger partial charge >= 0.3 is 24.0 Å². The van der Waals surface area contributed by atoms with Gasteiger partial charge in [0.1, 0.15) is 24.2 Å². The fourth-order valence-corrected chi connectivity index (χ4v) is 4.51. The van der Waals surface area contributed by atoms with Crippen LogP contribution < -0.4 is 9.47 Å². The van der Waals surface area contributed by atoms with Gasteiger partial charge in [-0.05, 0) is 73.0 Å². The summed E-state index contributed by atoms with van der Waals surface area (Å²) in [5.74, 6) is -5.52. The minimum absolute atomic E-state index is 0.0474. The van der Waals surface area contributed by atoms with Gasteiger partial charge in [0.15, 0.2) is 0 Å². The van der Waals surface area contributed by atoms with Crippen LogP contribution in [0, 0.1) is 0 Å². The Morgan fingerprint density at radius 3 is 1.72 bits per heavy atom. The van der Waals surface area contributed by atoms with Gasteiger partial charge in [-0.2, -0.15) is 22.0 Å². The largest absolute Gasteiger partial charge is 0.494 e. The highest BCUT2D eigenvalue weighted by Crippen LogP contribution is 2.35. The Hall–Kier alpha value is -3.99. The molecule has 0 saturated carbocycles. The maximum Gasteiger partial charge on any atom is 0.455 e. The zero-order valence-electron chi connectivity index (χ0n) is 26.6. The van der Waals surface area contributed by atoms with Gasteiger partial charge in [0.25, 0.3) is 0 Å². The van der Waals surface area contributed by atoms with Crippen molar-refractivity contribution < 1.29 is 50.5 Å². The number of hydrogen-bond donors (Lipinski definition) is 0. The maximum absolute atomic E-state index is 12.9. The topological polar surface area (TPSA) is 71.1 Å². The minimum atomic E-state index is -5.74. The number of carbonyl (C=O) groups excluding carboxylic acids is 2. The fourth-order valence-electron chi connectivity index (χ4n) is 4.51. The molecule has 6 nitrogen and oxygen atoms in total. The van der Waals surface area contributed by atoms with Crippen LogP contribution >= 0.6 is 0 Å². The first-order valence-corrected chi connectivity index (χ1v) is 15.8. The van der Waals surface area contributed by atoms with E-state index in [1.165, 1.54) is 76.1 Å². The van der Waals surface area contributed by atoms with E-state index >= 15 is 0 Å². The van der Waals surface area contributed by atoms with Gasteiger partial charge in [0, 0.05) is 0 Å². The summed E-state index contributed by atoms with van der Waals surface area (Å²) in [5.41, 5.74) is 2.23. The van der Waals surface area contributed by atoms with Crippen LogP contribution in [-0.2, 0) is 9.47 Å². The SMILES string of the molecule is CCCCCCCCCCOc1ccc(-c2ccc(C(=O)Oc3ccc(C(=O)O[C@H](C)COCC(F)(F)C(F)(F)F)cc3)cc2)cc1. The Balaban J connectivity index is 1.41. The molecule has 0 aliphatic carbocycles. The van der Waals surface area contributed by atoms with E-state index in [0.717, 1.165) is 23.3 Å². The monoisotopic (exact) mass is 664 g/mol. The summed E-state index contributed by atoms with van der Waals surface area (Å²) >= 11 is 0. The molecule has 0 bridgehead atoms. The Labute approximate surface area is 272 Å². The molecule has 0 N–H and O–H groups in total. The quantitative estimate of drug-likeness (QED) is 0.0550. The second-order valence-corrected chi connectivity index (χ2v) is 11.3. The average Bonchev–Trinajstić information content (AvgIpc) is 3.04. The molecule has 0 aliphatic heterocycles. The van der Waals surface area contributed by atoms with Gasteiger partial charge in [0.2, 0.25) is 0 Å². The molecule has 0 fully saturated rings. The highest BCUT2D eigenvalue weighted by Gasteiger charge is 2.57. The van der Waals surface area contributed by atoms with Crippen LogP contribution in [0.1, 0.15) is 85.9 Å². The zero-order chi connectivity index (χ0) is 34.3. The third-order valence-electron chi connectivity index (χ3n) is 7.23. The van der Waals surface area contributed by atoms with Crippen molar-refractivity contribution in [1.29, 1.82) is 0 Å². The van der Waals surface area contributed by atoms with Crippen molar-refractivity contribution in [2.24, 2.45) is 0 Å². The first kappa shape index (κ1) is 37.5. The Morgan fingerprint density at radius 1 is 0.660 bits per heavy atom. The summed E-state index contributed by atoms with van der Waals surface area (Å²) in [4.78, 5) is 25.0. The van der Waals surface area contributed by atoms with E-state index in [-0.39, 0.29) is 11.3 Å². The standard InChI is InChI=1S/C36H41F5O6/c1-3-4-5-6-7-8-9-10-23-45-31-19-15-28(16-20-31)27-11-13-29(14-12-27)34(43)47-32-21-17-30(18-22-32)33(42)46-26(2)24-44-25-35(37,38)36(39,40)41/h11-22,26H,3-10,23-25H2,1-2H3/t26-/m1/s1. The van der Waals surface area contributed by atoms with Gasteiger partial charge in [-0.15, -0.1) is 0 Å². The molecule has 0 amide bonds. The lowest BCUT2D eigenvalue weighted by molar-refractivity contribution is -0.297. The molecule has 0 unspecified atom stereocenters. The van der Waals surface area contributed by atoms with E-state index in [9.17, 15) is 31.5 Å². The normalized spacial score (nSPS) is 12.4. The first-order valence-electron chi connectivity index (χ1n) is 15.8. The van der Waals surface area contributed by atoms with Gasteiger partial charge in [-0.25, -0.2) is 9.59 Å². The Kier molecular flexibility index (Phi) is 14.6. The molecule has 11 heteroatoms. The second kappa shape index (κ2) is 18.4. The van der Waals surface area contributed by atoms with E-state index in [1.807, 2.05) is 24.3 Å². The smallest absolute Gasteiger partial charge is 0.455 e. The molecular weight excluding hydrogens is 623 g/mol. The highest BCUT2D eigenvalue weighted by atomic mass is 19.4. The summed E-state index contributed by atoms with van der Waals surface area (Å²) in [6, 6.07) is 20.1. The van der Waals surface area contributed by atoms with Crippen molar-refractivity contribution in [2.75, 3.05) is 19.8 Å². The molecule has 1 atom stereocenters. The number of rotatable bonds is 19. The van der Waals surface area contributed by atoms with E-state index in [2.05, 4.69) is 11.7 Å². The maximum atomic E-state index is 12.9. The van der Waals surface area contributed by atoms with Gasteiger partial charge in [-0.1, -0.05) is 76.1 Å². The van der Waals surface area contributed by atoms with Crippen molar-refractivity contribution in [3.05, 3.63) is 83.9 Å². The van der Waals surface area contributed by atoms with Gasteiger partial charge < -0.3 is 18.9 Å². The summed E-state index contributed by atoms with van der Waals surface area (Å²) in [6.45, 7) is 1.65. The number of benzene rings is 3. The lowest BCUT2D eigenvalue weighted by atomic mass is 10.0. The van der Waals surface area contributed by atoms with Crippen LogP contribution in [0.4, 0.5) is 22.0 Å².